The number of amides is 6. The van der Waals surface area contributed by atoms with Crippen LogP contribution in [0, 0.1) is 5.82 Å². The Bertz CT molecular complexity index is 2640. The Morgan fingerprint density at radius 3 is 2.21 bits per heavy atom. The van der Waals surface area contributed by atoms with Crippen molar-refractivity contribution in [2.24, 2.45) is 0 Å². The van der Waals surface area contributed by atoms with E-state index in [2.05, 4.69) is 25.8 Å². The number of nitrogens with one attached hydrogen (secondary N) is 4. The first-order valence-corrected chi connectivity index (χ1v) is 22.6. The zero-order chi connectivity index (χ0) is 48.2. The highest BCUT2D eigenvalue weighted by molar-refractivity contribution is 6.24. The number of pyridine rings is 1. The lowest BCUT2D eigenvalue weighted by molar-refractivity contribution is -0.138. The fourth-order valence-electron chi connectivity index (χ4n) is 9.07. The van der Waals surface area contributed by atoms with Gasteiger partial charge in [0, 0.05) is 61.5 Å². The van der Waals surface area contributed by atoms with Crippen molar-refractivity contribution in [3.05, 3.63) is 116 Å². The number of unbranched alkanes of at least 4 members (excludes halogenated alkanes) is 6. The number of rotatable bonds is 16. The van der Waals surface area contributed by atoms with Gasteiger partial charge in [-0.15, -0.1) is 0 Å². The van der Waals surface area contributed by atoms with Crippen LogP contribution in [0.4, 0.5) is 28.9 Å². The summed E-state index contributed by atoms with van der Waals surface area (Å²) in [7, 11) is 1.99. The van der Waals surface area contributed by atoms with Crippen LogP contribution in [-0.2, 0) is 22.2 Å². The number of H-pyrrole nitrogens is 1. The molecule has 4 aromatic rings. The molecule has 18 heteroatoms. The van der Waals surface area contributed by atoms with Crippen LogP contribution in [0.2, 0.25) is 0 Å². The summed E-state index contributed by atoms with van der Waals surface area (Å²) < 4.78 is 57.3. The second-order valence-electron chi connectivity index (χ2n) is 17.5. The van der Waals surface area contributed by atoms with Crippen LogP contribution in [0.3, 0.4) is 0 Å². The van der Waals surface area contributed by atoms with Crippen molar-refractivity contribution in [1.29, 1.82) is 0 Å². The number of piperidine rings is 1. The molecule has 7 rings (SSSR count). The molecule has 2 fully saturated rings. The topological polar surface area (TPSA) is 181 Å². The molecule has 14 nitrogen and oxygen atoms in total. The molecule has 3 aliphatic rings. The molecular weight excluding hydrogens is 875 g/mol. The van der Waals surface area contributed by atoms with E-state index in [-0.39, 0.29) is 52.9 Å². The fraction of sp³-hybridized carbons (Fsp3) is 0.408. The van der Waals surface area contributed by atoms with E-state index in [1.54, 1.807) is 24.3 Å². The zero-order valence-electron chi connectivity index (χ0n) is 37.5. The molecule has 2 saturated heterocycles. The zero-order valence-corrected chi connectivity index (χ0v) is 37.5. The monoisotopic (exact) mass is 927 g/mol. The fourth-order valence-corrected chi connectivity index (χ4v) is 9.07. The maximum atomic E-state index is 15.5. The Balaban J connectivity index is 0.918. The molecule has 3 atom stereocenters. The summed E-state index contributed by atoms with van der Waals surface area (Å²) in [6.07, 6.45) is 2.51. The van der Waals surface area contributed by atoms with Gasteiger partial charge in [-0.3, -0.25) is 48.7 Å². The normalized spacial score (nSPS) is 18.8. The maximum Gasteiger partial charge on any atom is 0.417 e. The van der Waals surface area contributed by atoms with Gasteiger partial charge in [0.15, 0.2) is 0 Å². The predicted octanol–water partition coefficient (Wildman–Crippen LogP) is 7.09. The molecule has 354 valence electrons. The SMILES string of the molecule is C[C@@H]1CN(c2ccc(-c3cc(C(=O)NCCCCCCCCCc4cccc5c4C(=O)N(C4CCC(=O)NC4=O)C5=O)ccc3F)cc2NC(=O)c2c[nH]c(=O)cc2C(F)(F)F)C[C@H](C)N1C. The van der Waals surface area contributed by atoms with Gasteiger partial charge in [-0.2, -0.15) is 13.2 Å². The summed E-state index contributed by atoms with van der Waals surface area (Å²) >= 11 is 0. The molecule has 0 bridgehead atoms. The number of carbonyl (C=O) groups is 6. The molecule has 1 aromatic heterocycles. The summed E-state index contributed by atoms with van der Waals surface area (Å²) in [6, 6.07) is 13.3. The van der Waals surface area contributed by atoms with E-state index >= 15 is 4.39 Å². The van der Waals surface area contributed by atoms with E-state index in [0.717, 1.165) is 55.1 Å². The van der Waals surface area contributed by atoms with Crippen LogP contribution >= 0.6 is 0 Å². The molecule has 0 saturated carbocycles. The molecule has 6 amide bonds. The molecule has 4 N–H and O–H groups in total. The van der Waals surface area contributed by atoms with E-state index in [1.807, 2.05) is 31.9 Å². The van der Waals surface area contributed by atoms with Crippen molar-refractivity contribution in [3.63, 3.8) is 0 Å². The number of carbonyl (C=O) groups excluding carboxylic acids is 6. The van der Waals surface area contributed by atoms with Gasteiger partial charge in [0.1, 0.15) is 11.9 Å². The van der Waals surface area contributed by atoms with E-state index in [4.69, 9.17) is 0 Å². The number of hydrogen-bond donors (Lipinski definition) is 4. The van der Waals surface area contributed by atoms with E-state index in [9.17, 15) is 46.7 Å². The Morgan fingerprint density at radius 2 is 1.51 bits per heavy atom. The number of aromatic nitrogens is 1. The second-order valence-corrected chi connectivity index (χ2v) is 17.5. The number of imide groups is 2. The first-order chi connectivity index (χ1) is 31.9. The van der Waals surface area contributed by atoms with Crippen LogP contribution < -0.4 is 26.4 Å². The Morgan fingerprint density at radius 1 is 0.806 bits per heavy atom. The number of nitrogens with zero attached hydrogens (tertiary/aromatic N) is 3. The minimum absolute atomic E-state index is 0.0424. The maximum absolute atomic E-state index is 15.5. The molecule has 4 heterocycles. The molecule has 3 aliphatic heterocycles. The number of piperazine rings is 1. The molecule has 0 aliphatic carbocycles. The summed E-state index contributed by atoms with van der Waals surface area (Å²) in [5, 5.41) is 7.69. The number of fused-ring (bicyclic) bond motifs is 1. The van der Waals surface area contributed by atoms with Gasteiger partial charge in [0.05, 0.1) is 33.6 Å². The average molecular weight is 928 g/mol. The number of halogens is 4. The molecule has 0 spiro atoms. The van der Waals surface area contributed by atoms with Crippen LogP contribution in [-0.4, -0.2) is 95.0 Å². The number of hydrogen-bond acceptors (Lipinski definition) is 9. The highest BCUT2D eigenvalue weighted by atomic mass is 19.4. The number of benzene rings is 3. The lowest BCUT2D eigenvalue weighted by Gasteiger charge is -2.44. The molecule has 67 heavy (non-hydrogen) atoms. The van der Waals surface area contributed by atoms with E-state index < -0.39 is 70.2 Å². The third kappa shape index (κ3) is 10.8. The quantitative estimate of drug-likeness (QED) is 0.0519. The van der Waals surface area contributed by atoms with E-state index in [0.29, 0.717) is 56.0 Å². The predicted molar refractivity (Wildman–Crippen MR) is 242 cm³/mol. The number of aryl methyl sites for hydroxylation is 1. The van der Waals surface area contributed by atoms with Gasteiger partial charge >= 0.3 is 6.18 Å². The molecule has 3 aromatic carbocycles. The minimum atomic E-state index is -4.99. The lowest BCUT2D eigenvalue weighted by atomic mass is 9.97. The first-order valence-electron chi connectivity index (χ1n) is 22.6. The Kier molecular flexibility index (Phi) is 14.7. The lowest BCUT2D eigenvalue weighted by Crippen LogP contribution is -2.55. The van der Waals surface area contributed by atoms with Gasteiger partial charge in [-0.05, 0) is 94.1 Å². The van der Waals surface area contributed by atoms with Crippen LogP contribution in [0.1, 0.15) is 124 Å². The Labute approximate surface area is 384 Å². The van der Waals surface area contributed by atoms with Gasteiger partial charge in [-0.1, -0.05) is 50.3 Å². The number of aromatic amines is 1. The van der Waals surface area contributed by atoms with Crippen molar-refractivity contribution in [2.45, 2.75) is 102 Å². The smallest absolute Gasteiger partial charge is 0.367 e. The van der Waals surface area contributed by atoms with Gasteiger partial charge in [-0.25, -0.2) is 4.39 Å². The van der Waals surface area contributed by atoms with Crippen molar-refractivity contribution < 1.29 is 46.3 Å². The third-order valence-corrected chi connectivity index (χ3v) is 12.9. The number of alkyl halides is 3. The standard InChI is InChI=1S/C49H53F4N7O7/c1-28-26-59(27-29(2)58(28)3)39-18-16-31(23-38(39)56-45(64)35-25-55-42(62)24-36(35)49(51,52)53)34-22-32(15-17-37(34)50)44(63)54-21-10-8-6-4-5-7-9-12-30-13-11-14-33-43(30)48(67)60(47(33)66)40-19-20-41(61)57-46(40)65/h11,13-18,22-25,28-29,40H,4-10,12,19-21,26-27H2,1-3H3,(H,54,63)(H,55,62)(H,56,64)(H,57,61,65)/t28-,29+,40?. The molecular formula is C49H53F4N7O7. The Hall–Kier alpha value is -6.69. The average Bonchev–Trinajstić information content (AvgIpc) is 3.54. The highest BCUT2D eigenvalue weighted by Gasteiger charge is 2.45. The van der Waals surface area contributed by atoms with Crippen LogP contribution in [0.15, 0.2) is 71.7 Å². The second kappa shape index (κ2) is 20.4. The third-order valence-electron chi connectivity index (χ3n) is 12.9. The van der Waals surface area contributed by atoms with E-state index in [1.165, 1.54) is 18.2 Å². The van der Waals surface area contributed by atoms with Crippen LogP contribution in [0.25, 0.3) is 11.1 Å². The van der Waals surface area contributed by atoms with Gasteiger partial charge < -0.3 is 20.5 Å². The van der Waals surface area contributed by atoms with Crippen LogP contribution in [0.5, 0.6) is 0 Å². The highest BCUT2D eigenvalue weighted by Crippen LogP contribution is 2.37. The largest absolute Gasteiger partial charge is 0.417 e. The van der Waals surface area contributed by atoms with Gasteiger partial charge in [0.2, 0.25) is 17.4 Å². The van der Waals surface area contributed by atoms with Crippen molar-refractivity contribution >= 4 is 46.8 Å². The van der Waals surface area contributed by atoms with Crippen molar-refractivity contribution in [2.75, 3.05) is 36.9 Å². The van der Waals surface area contributed by atoms with Crippen molar-refractivity contribution in [1.82, 2.24) is 25.4 Å². The summed E-state index contributed by atoms with van der Waals surface area (Å²) in [4.78, 5) is 96.5. The summed E-state index contributed by atoms with van der Waals surface area (Å²) in [6.45, 7) is 5.49. The molecule has 0 radical (unpaired) electrons. The number of likely N-dealkylation sites (N-methyl/N-ethyl adjacent to an activating group) is 1. The van der Waals surface area contributed by atoms with Crippen molar-refractivity contribution in [3.8, 4) is 11.1 Å². The van der Waals surface area contributed by atoms with Gasteiger partial charge in [0.25, 0.3) is 23.6 Å². The summed E-state index contributed by atoms with van der Waals surface area (Å²) in [5.41, 5.74) is -0.746. The molecule has 1 unspecified atom stereocenters. The number of anilines is 2. The minimum Gasteiger partial charge on any atom is -0.367 e. The summed E-state index contributed by atoms with van der Waals surface area (Å²) in [5.74, 6) is -4.31. The first kappa shape index (κ1) is 48.2.